The van der Waals surface area contributed by atoms with Crippen LogP contribution in [-0.2, 0) is 0 Å². The van der Waals surface area contributed by atoms with Crippen molar-refractivity contribution < 1.29 is 9.13 Å². The molecule has 1 rings (SSSR count). The smallest absolute Gasteiger partial charge is 0.240 e. The van der Waals surface area contributed by atoms with Crippen molar-refractivity contribution in [1.82, 2.24) is 9.97 Å². The molecule has 0 amide bonds. The zero-order valence-electron chi connectivity index (χ0n) is 7.71. The predicted octanol–water partition coefficient (Wildman–Crippen LogP) is 2.06. The summed E-state index contributed by atoms with van der Waals surface area (Å²) in [5, 5.41) is -0.225. The first-order valence-electron chi connectivity index (χ1n) is 3.90. The van der Waals surface area contributed by atoms with Gasteiger partial charge in [-0.1, -0.05) is 17.5 Å². The molecule has 0 fully saturated rings. The Kier molecular flexibility index (Phi) is 3.66. The molecule has 0 aliphatic rings. The van der Waals surface area contributed by atoms with Gasteiger partial charge in [0, 0.05) is 0 Å². The van der Waals surface area contributed by atoms with E-state index in [0.717, 1.165) is 6.33 Å². The molecule has 5 heteroatoms. The standard InChI is InChI=1S/C9H8ClFN2O/c1-3-4-6(2)14-9-7(10)8(11)12-5-13-9/h5-6H,1-2H3. The molecule has 0 aliphatic heterocycles. The van der Waals surface area contributed by atoms with E-state index in [4.69, 9.17) is 16.3 Å². The summed E-state index contributed by atoms with van der Waals surface area (Å²) in [4.78, 5) is 6.96. The van der Waals surface area contributed by atoms with E-state index in [1.165, 1.54) is 0 Å². The summed E-state index contributed by atoms with van der Waals surface area (Å²) in [6.45, 7) is 3.40. The Hall–Kier alpha value is -1.34. The highest BCUT2D eigenvalue weighted by Gasteiger charge is 2.11. The molecule has 3 nitrogen and oxygen atoms in total. The zero-order chi connectivity index (χ0) is 10.6. The maximum absolute atomic E-state index is 12.8. The number of ether oxygens (including phenoxy) is 1. The van der Waals surface area contributed by atoms with Gasteiger partial charge in [-0.15, -0.1) is 5.92 Å². The molecule has 0 aromatic carbocycles. The van der Waals surface area contributed by atoms with E-state index in [1.807, 2.05) is 0 Å². The fourth-order valence-electron chi connectivity index (χ4n) is 0.816. The normalized spacial score (nSPS) is 11.4. The zero-order valence-corrected chi connectivity index (χ0v) is 8.47. The topological polar surface area (TPSA) is 35.0 Å². The summed E-state index contributed by atoms with van der Waals surface area (Å²) in [5.74, 6) is 4.60. The number of aromatic nitrogens is 2. The van der Waals surface area contributed by atoms with Crippen LogP contribution in [0.4, 0.5) is 4.39 Å². The third-order valence-corrected chi connectivity index (χ3v) is 1.67. The molecule has 0 saturated carbocycles. The molecule has 0 spiro atoms. The summed E-state index contributed by atoms with van der Waals surface area (Å²) >= 11 is 5.56. The van der Waals surface area contributed by atoms with Crippen molar-refractivity contribution in [1.29, 1.82) is 0 Å². The first-order valence-corrected chi connectivity index (χ1v) is 4.28. The second-order valence-corrected chi connectivity index (χ2v) is 2.82. The van der Waals surface area contributed by atoms with Gasteiger partial charge in [-0.05, 0) is 13.8 Å². The van der Waals surface area contributed by atoms with Gasteiger partial charge in [0.2, 0.25) is 11.8 Å². The second kappa shape index (κ2) is 4.77. The molecule has 0 bridgehead atoms. The van der Waals surface area contributed by atoms with Crippen LogP contribution in [0.5, 0.6) is 5.88 Å². The summed E-state index contributed by atoms with van der Waals surface area (Å²) < 4.78 is 18.0. The van der Waals surface area contributed by atoms with Gasteiger partial charge < -0.3 is 4.74 Å². The van der Waals surface area contributed by atoms with Crippen LogP contribution >= 0.6 is 11.6 Å². The average Bonchev–Trinajstić information content (AvgIpc) is 2.13. The Labute approximate surface area is 86.3 Å². The van der Waals surface area contributed by atoms with Crippen molar-refractivity contribution in [3.8, 4) is 17.7 Å². The van der Waals surface area contributed by atoms with E-state index in [1.54, 1.807) is 13.8 Å². The lowest BCUT2D eigenvalue weighted by Gasteiger charge is -2.08. The minimum atomic E-state index is -0.798. The monoisotopic (exact) mass is 214 g/mol. The van der Waals surface area contributed by atoms with Crippen molar-refractivity contribution >= 4 is 11.6 Å². The summed E-state index contributed by atoms with van der Waals surface area (Å²) in [6, 6.07) is 0. The van der Waals surface area contributed by atoms with Crippen molar-refractivity contribution in [3.63, 3.8) is 0 Å². The molecule has 74 valence electrons. The van der Waals surface area contributed by atoms with Crippen molar-refractivity contribution in [2.24, 2.45) is 0 Å². The average molecular weight is 215 g/mol. The van der Waals surface area contributed by atoms with Gasteiger partial charge in [-0.2, -0.15) is 4.39 Å². The van der Waals surface area contributed by atoms with Crippen molar-refractivity contribution in [2.75, 3.05) is 0 Å². The second-order valence-electron chi connectivity index (χ2n) is 2.44. The molecule has 0 N–H and O–H groups in total. The van der Waals surface area contributed by atoms with Crippen LogP contribution in [-0.4, -0.2) is 16.1 Å². The van der Waals surface area contributed by atoms with E-state index in [9.17, 15) is 4.39 Å². The maximum atomic E-state index is 12.8. The van der Waals surface area contributed by atoms with Gasteiger partial charge in [-0.25, -0.2) is 9.97 Å². The van der Waals surface area contributed by atoms with E-state index in [2.05, 4.69) is 21.8 Å². The molecule has 0 radical (unpaired) electrons. The molecular formula is C9H8ClFN2O. The minimum Gasteiger partial charge on any atom is -0.460 e. The van der Waals surface area contributed by atoms with Crippen LogP contribution < -0.4 is 4.74 Å². The molecule has 1 aromatic heterocycles. The third-order valence-electron chi connectivity index (χ3n) is 1.35. The van der Waals surface area contributed by atoms with E-state index >= 15 is 0 Å². The molecule has 1 heterocycles. The van der Waals surface area contributed by atoms with Crippen LogP contribution in [0.25, 0.3) is 0 Å². The van der Waals surface area contributed by atoms with Crippen LogP contribution in [0, 0.1) is 17.8 Å². The first kappa shape index (κ1) is 10.7. The predicted molar refractivity (Wildman–Crippen MR) is 50.5 cm³/mol. The van der Waals surface area contributed by atoms with Gasteiger partial charge in [0.05, 0.1) is 0 Å². The Morgan fingerprint density at radius 3 is 2.93 bits per heavy atom. The van der Waals surface area contributed by atoms with Crippen LogP contribution in [0.2, 0.25) is 5.02 Å². The molecule has 1 atom stereocenters. The minimum absolute atomic E-state index is 0.00872. The summed E-state index contributed by atoms with van der Waals surface area (Å²) in [6.07, 6.45) is 0.662. The first-order chi connectivity index (χ1) is 6.65. The van der Waals surface area contributed by atoms with Crippen LogP contribution in [0.15, 0.2) is 6.33 Å². The quantitative estimate of drug-likeness (QED) is 0.558. The molecule has 0 aliphatic carbocycles. The Balaban J connectivity index is 2.85. The Bertz CT molecular complexity index is 386. The van der Waals surface area contributed by atoms with Crippen molar-refractivity contribution in [2.45, 2.75) is 20.0 Å². The number of halogens is 2. The molecule has 0 saturated heterocycles. The molecule has 1 unspecified atom stereocenters. The number of hydrogen-bond donors (Lipinski definition) is 0. The van der Waals surface area contributed by atoms with E-state index < -0.39 is 5.95 Å². The highest BCUT2D eigenvalue weighted by Crippen LogP contribution is 2.23. The molecular weight excluding hydrogens is 207 g/mol. The molecule has 1 aromatic rings. The number of hydrogen-bond acceptors (Lipinski definition) is 3. The largest absolute Gasteiger partial charge is 0.460 e. The lowest BCUT2D eigenvalue weighted by molar-refractivity contribution is 0.265. The van der Waals surface area contributed by atoms with E-state index in [-0.39, 0.29) is 17.0 Å². The van der Waals surface area contributed by atoms with Gasteiger partial charge in [0.15, 0.2) is 11.1 Å². The summed E-state index contributed by atoms with van der Waals surface area (Å²) in [7, 11) is 0. The Morgan fingerprint density at radius 2 is 2.29 bits per heavy atom. The highest BCUT2D eigenvalue weighted by molar-refractivity contribution is 6.31. The van der Waals surface area contributed by atoms with Gasteiger partial charge >= 0.3 is 0 Å². The van der Waals surface area contributed by atoms with Gasteiger partial charge in [-0.3, -0.25) is 0 Å². The van der Waals surface area contributed by atoms with Gasteiger partial charge in [0.25, 0.3) is 0 Å². The molecule has 14 heavy (non-hydrogen) atoms. The van der Waals surface area contributed by atoms with Crippen LogP contribution in [0.1, 0.15) is 13.8 Å². The maximum Gasteiger partial charge on any atom is 0.240 e. The number of rotatable bonds is 2. The lowest BCUT2D eigenvalue weighted by Crippen LogP contribution is -2.10. The third kappa shape index (κ3) is 2.57. The number of nitrogens with zero attached hydrogens (tertiary/aromatic N) is 2. The van der Waals surface area contributed by atoms with Crippen molar-refractivity contribution in [3.05, 3.63) is 17.3 Å². The van der Waals surface area contributed by atoms with Crippen LogP contribution in [0.3, 0.4) is 0 Å². The lowest BCUT2D eigenvalue weighted by atomic mass is 10.4. The van der Waals surface area contributed by atoms with E-state index in [0.29, 0.717) is 0 Å². The highest BCUT2D eigenvalue weighted by atomic mass is 35.5. The Morgan fingerprint density at radius 1 is 1.57 bits per heavy atom. The fourth-order valence-corrected chi connectivity index (χ4v) is 0.958. The fraction of sp³-hybridized carbons (Fsp3) is 0.333. The summed E-state index contributed by atoms with van der Waals surface area (Å²) in [5.41, 5.74) is 0. The SMILES string of the molecule is CC#CC(C)Oc1ncnc(F)c1Cl. The van der Waals surface area contributed by atoms with Gasteiger partial charge in [0.1, 0.15) is 6.33 Å².